The van der Waals surface area contributed by atoms with Crippen LogP contribution in [0, 0.1) is 5.41 Å². The Morgan fingerprint density at radius 1 is 1.45 bits per heavy atom. The van der Waals surface area contributed by atoms with E-state index in [2.05, 4.69) is 11.9 Å². The normalized spacial score (nSPS) is 45.8. The lowest BCUT2D eigenvalue weighted by molar-refractivity contribution is 0.286. The third-order valence-corrected chi connectivity index (χ3v) is 3.37. The molecular formula is C9H18N2. The molecule has 0 aromatic carbocycles. The van der Waals surface area contributed by atoms with Gasteiger partial charge in [0.15, 0.2) is 0 Å². The fourth-order valence-corrected chi connectivity index (χ4v) is 2.78. The molecule has 2 nitrogen and oxygen atoms in total. The van der Waals surface area contributed by atoms with Crippen molar-refractivity contribution >= 4 is 0 Å². The van der Waals surface area contributed by atoms with E-state index < -0.39 is 0 Å². The van der Waals surface area contributed by atoms with Gasteiger partial charge in [-0.2, -0.15) is 0 Å². The van der Waals surface area contributed by atoms with Crippen molar-refractivity contribution in [1.82, 2.24) is 4.90 Å². The van der Waals surface area contributed by atoms with Gasteiger partial charge in [0.2, 0.25) is 0 Å². The molecule has 1 aliphatic carbocycles. The summed E-state index contributed by atoms with van der Waals surface area (Å²) in [7, 11) is 2.22. The Bertz CT molecular complexity index is 138. The van der Waals surface area contributed by atoms with Gasteiger partial charge >= 0.3 is 0 Å². The topological polar surface area (TPSA) is 29.3 Å². The van der Waals surface area contributed by atoms with Crippen molar-refractivity contribution in [2.75, 3.05) is 20.1 Å². The average Bonchev–Trinajstić information content (AvgIpc) is 2.44. The third-order valence-electron chi connectivity index (χ3n) is 3.37. The van der Waals surface area contributed by atoms with E-state index in [0.717, 1.165) is 0 Å². The van der Waals surface area contributed by atoms with Crippen molar-refractivity contribution in [2.24, 2.45) is 11.1 Å². The largest absolute Gasteiger partial charge is 0.328 e. The first-order valence-electron chi connectivity index (χ1n) is 4.64. The van der Waals surface area contributed by atoms with Crippen LogP contribution < -0.4 is 5.73 Å². The first kappa shape index (κ1) is 7.56. The Labute approximate surface area is 68.7 Å². The van der Waals surface area contributed by atoms with Gasteiger partial charge in [-0.3, -0.25) is 0 Å². The van der Waals surface area contributed by atoms with E-state index in [1.54, 1.807) is 0 Å². The summed E-state index contributed by atoms with van der Waals surface area (Å²) in [5.74, 6) is 0. The molecule has 1 saturated carbocycles. The number of hydrogen-bond donors (Lipinski definition) is 1. The van der Waals surface area contributed by atoms with Crippen LogP contribution in [0.3, 0.4) is 0 Å². The molecule has 0 aromatic heterocycles. The van der Waals surface area contributed by atoms with Gasteiger partial charge in [-0.15, -0.1) is 0 Å². The lowest BCUT2D eigenvalue weighted by Crippen LogP contribution is -2.24. The third kappa shape index (κ3) is 1.30. The Morgan fingerprint density at radius 3 is 2.73 bits per heavy atom. The maximum absolute atomic E-state index is 5.92. The molecule has 2 aliphatic rings. The average molecular weight is 154 g/mol. The van der Waals surface area contributed by atoms with Crippen LogP contribution in [0.2, 0.25) is 0 Å². The van der Waals surface area contributed by atoms with E-state index in [0.29, 0.717) is 11.5 Å². The molecule has 0 unspecified atom stereocenters. The highest BCUT2D eigenvalue weighted by Gasteiger charge is 2.41. The second-order valence-electron chi connectivity index (χ2n) is 4.49. The summed E-state index contributed by atoms with van der Waals surface area (Å²) in [6, 6.07) is 0.501. The predicted molar refractivity (Wildman–Crippen MR) is 46.4 cm³/mol. The number of nitrogens with two attached hydrogens (primary N) is 1. The molecule has 2 N–H and O–H groups in total. The molecule has 0 amide bonds. The van der Waals surface area contributed by atoms with E-state index in [1.165, 1.54) is 38.8 Å². The van der Waals surface area contributed by atoms with Crippen LogP contribution in [0.25, 0.3) is 0 Å². The summed E-state index contributed by atoms with van der Waals surface area (Å²) in [4.78, 5) is 2.44. The number of likely N-dealkylation sites (tertiary alicyclic amines) is 1. The van der Waals surface area contributed by atoms with Crippen LogP contribution >= 0.6 is 0 Å². The van der Waals surface area contributed by atoms with Crippen LogP contribution in [-0.4, -0.2) is 31.1 Å². The van der Waals surface area contributed by atoms with Crippen LogP contribution in [0.4, 0.5) is 0 Å². The summed E-state index contributed by atoms with van der Waals surface area (Å²) in [6.45, 7) is 2.58. The SMILES string of the molecule is CN1CC[C@]2(CC[C@@H](N)C2)C1. The van der Waals surface area contributed by atoms with Crippen LogP contribution in [0.1, 0.15) is 25.7 Å². The number of rotatable bonds is 0. The second kappa shape index (κ2) is 2.46. The van der Waals surface area contributed by atoms with E-state index in [-0.39, 0.29) is 0 Å². The molecule has 0 aromatic rings. The molecule has 0 radical (unpaired) electrons. The van der Waals surface area contributed by atoms with Crippen molar-refractivity contribution in [2.45, 2.75) is 31.7 Å². The van der Waals surface area contributed by atoms with E-state index in [9.17, 15) is 0 Å². The molecule has 2 heteroatoms. The highest BCUT2D eigenvalue weighted by Crippen LogP contribution is 2.44. The molecule has 64 valence electrons. The number of hydrogen-bond acceptors (Lipinski definition) is 2. The summed E-state index contributed by atoms with van der Waals surface area (Å²) in [5, 5.41) is 0. The van der Waals surface area contributed by atoms with Gasteiger partial charge in [0.05, 0.1) is 0 Å². The fourth-order valence-electron chi connectivity index (χ4n) is 2.78. The van der Waals surface area contributed by atoms with Gasteiger partial charge in [0.25, 0.3) is 0 Å². The summed E-state index contributed by atoms with van der Waals surface area (Å²) < 4.78 is 0. The molecule has 1 heterocycles. The second-order valence-corrected chi connectivity index (χ2v) is 4.49. The molecule has 0 bridgehead atoms. The smallest absolute Gasteiger partial charge is 0.00448 e. The van der Waals surface area contributed by atoms with Crippen molar-refractivity contribution in [1.29, 1.82) is 0 Å². The molecule has 2 fully saturated rings. The maximum Gasteiger partial charge on any atom is 0.00448 e. The van der Waals surface area contributed by atoms with Crippen molar-refractivity contribution in [3.8, 4) is 0 Å². The Morgan fingerprint density at radius 2 is 2.27 bits per heavy atom. The summed E-state index contributed by atoms with van der Waals surface area (Å²) in [6.07, 6.45) is 5.29. The van der Waals surface area contributed by atoms with Crippen molar-refractivity contribution in [3.05, 3.63) is 0 Å². The molecular weight excluding hydrogens is 136 g/mol. The van der Waals surface area contributed by atoms with Gasteiger partial charge in [-0.1, -0.05) is 0 Å². The lowest BCUT2D eigenvalue weighted by atomic mass is 9.85. The van der Waals surface area contributed by atoms with E-state index in [4.69, 9.17) is 5.73 Å². The Balaban J connectivity index is 2.02. The number of nitrogens with zero attached hydrogens (tertiary/aromatic N) is 1. The first-order chi connectivity index (χ1) is 5.20. The van der Waals surface area contributed by atoms with E-state index in [1.807, 2.05) is 0 Å². The van der Waals surface area contributed by atoms with Gasteiger partial charge in [-0.05, 0) is 44.7 Å². The fraction of sp³-hybridized carbons (Fsp3) is 1.00. The zero-order valence-electron chi connectivity index (χ0n) is 7.34. The Kier molecular flexibility index (Phi) is 1.69. The maximum atomic E-state index is 5.92. The minimum Gasteiger partial charge on any atom is -0.328 e. The van der Waals surface area contributed by atoms with Gasteiger partial charge in [-0.25, -0.2) is 0 Å². The van der Waals surface area contributed by atoms with Crippen molar-refractivity contribution in [3.63, 3.8) is 0 Å². The van der Waals surface area contributed by atoms with Crippen molar-refractivity contribution < 1.29 is 0 Å². The first-order valence-corrected chi connectivity index (χ1v) is 4.64. The molecule has 11 heavy (non-hydrogen) atoms. The lowest BCUT2D eigenvalue weighted by Gasteiger charge is -2.22. The quantitative estimate of drug-likeness (QED) is 0.559. The zero-order chi connectivity index (χ0) is 7.90. The zero-order valence-corrected chi connectivity index (χ0v) is 7.34. The highest BCUT2D eigenvalue weighted by atomic mass is 15.1. The Hall–Kier alpha value is -0.0800. The summed E-state index contributed by atoms with van der Waals surface area (Å²) in [5.41, 5.74) is 6.55. The molecule has 2 atom stereocenters. The minimum absolute atomic E-state index is 0.501. The standard InChI is InChI=1S/C9H18N2/c1-11-5-4-9(7-11)3-2-8(10)6-9/h8H,2-7,10H2,1H3/t8-,9+/m1/s1. The van der Waals surface area contributed by atoms with Crippen LogP contribution in [0.5, 0.6) is 0 Å². The predicted octanol–water partition coefficient (Wildman–Crippen LogP) is 0.820. The van der Waals surface area contributed by atoms with Gasteiger partial charge in [0.1, 0.15) is 0 Å². The van der Waals surface area contributed by atoms with E-state index >= 15 is 0 Å². The van der Waals surface area contributed by atoms with Crippen LogP contribution in [0.15, 0.2) is 0 Å². The molecule has 1 spiro atoms. The summed E-state index contributed by atoms with van der Waals surface area (Å²) >= 11 is 0. The van der Waals surface area contributed by atoms with Gasteiger partial charge < -0.3 is 10.6 Å². The molecule has 1 saturated heterocycles. The minimum atomic E-state index is 0.501. The highest BCUT2D eigenvalue weighted by molar-refractivity contribution is 4.96. The molecule has 2 rings (SSSR count). The van der Waals surface area contributed by atoms with Gasteiger partial charge in [0, 0.05) is 12.6 Å². The van der Waals surface area contributed by atoms with Crippen LogP contribution in [-0.2, 0) is 0 Å². The molecule has 1 aliphatic heterocycles. The monoisotopic (exact) mass is 154 g/mol.